The standard InChI is InChI=1S/C19H13F3N2O6.C18H12F2N2O5/c20-19(21,22)30-12-3-1-11(2-4-12)29-13-5-6-14-10(7-13)8-23-16(17(14)27)18(28)24-9-15(25)26;19-13-4-3-11(6-14(13)20)27-10-2-1-9-7-21-16(17(25)12(9)5-10)18(26)22-8-15(23)24/h1-8,27H,9H2,(H,24,28)(H,25,26);1-7,25H,8H2,(H,22,26)(H,23,24). The fourth-order valence-electron chi connectivity index (χ4n) is 4.82. The second kappa shape index (κ2) is 17.1. The molecule has 0 radical (unpaired) electrons. The monoisotopic (exact) mass is 796 g/mol. The second-order valence-electron chi connectivity index (χ2n) is 11.4. The van der Waals surface area contributed by atoms with Crippen LogP contribution in [0.25, 0.3) is 21.5 Å². The van der Waals surface area contributed by atoms with Gasteiger partial charge in [-0.2, -0.15) is 0 Å². The summed E-state index contributed by atoms with van der Waals surface area (Å²) in [5, 5.41) is 43.4. The number of amides is 2. The first-order chi connectivity index (χ1) is 27.0. The molecule has 0 saturated carbocycles. The molecule has 0 saturated heterocycles. The van der Waals surface area contributed by atoms with Gasteiger partial charge in [-0.05, 0) is 72.8 Å². The highest BCUT2D eigenvalue weighted by Crippen LogP contribution is 2.34. The first kappa shape index (κ1) is 40.4. The van der Waals surface area contributed by atoms with Crippen molar-refractivity contribution in [2.45, 2.75) is 6.36 Å². The number of nitrogens with one attached hydrogen (secondary N) is 2. The van der Waals surface area contributed by atoms with Crippen LogP contribution < -0.4 is 24.8 Å². The Morgan fingerprint density at radius 1 is 0.579 bits per heavy atom. The predicted molar refractivity (Wildman–Crippen MR) is 186 cm³/mol. The summed E-state index contributed by atoms with van der Waals surface area (Å²) in [7, 11) is 0. The van der Waals surface area contributed by atoms with E-state index in [2.05, 4.69) is 25.3 Å². The molecule has 6 rings (SSSR count). The Balaban J connectivity index is 0.000000219. The molecule has 0 aliphatic heterocycles. The van der Waals surface area contributed by atoms with Gasteiger partial charge in [0.2, 0.25) is 0 Å². The van der Waals surface area contributed by atoms with Gasteiger partial charge in [-0.1, -0.05) is 0 Å². The molecule has 6 aromatic rings. The molecule has 57 heavy (non-hydrogen) atoms. The molecule has 4 aromatic carbocycles. The molecule has 6 N–H and O–H groups in total. The highest BCUT2D eigenvalue weighted by molar-refractivity contribution is 6.03. The number of carbonyl (C=O) groups excluding carboxylic acids is 2. The van der Waals surface area contributed by atoms with Crippen LogP contribution in [0.1, 0.15) is 21.0 Å². The number of carboxylic acid groups (broad SMARTS) is 2. The van der Waals surface area contributed by atoms with Crippen LogP contribution in [0.2, 0.25) is 0 Å². The first-order valence-electron chi connectivity index (χ1n) is 15.9. The zero-order chi connectivity index (χ0) is 41.4. The average Bonchev–Trinajstić information content (AvgIpc) is 3.15. The van der Waals surface area contributed by atoms with Crippen LogP contribution in [-0.4, -0.2) is 73.6 Å². The number of aromatic hydroxyl groups is 2. The van der Waals surface area contributed by atoms with Crippen molar-refractivity contribution < 1.29 is 75.8 Å². The summed E-state index contributed by atoms with van der Waals surface area (Å²) < 4.78 is 77.6. The van der Waals surface area contributed by atoms with Crippen molar-refractivity contribution in [1.82, 2.24) is 20.6 Å². The number of carbonyl (C=O) groups is 4. The lowest BCUT2D eigenvalue weighted by Gasteiger charge is -2.11. The molecular formula is C37H25F5N4O11. The SMILES string of the molecule is O=C(O)CNC(=O)c1ncc2cc(Oc3ccc(OC(F)(F)F)cc3)ccc2c1O.O=C(O)CNC(=O)c1ncc2ccc(Oc3ccc(F)c(F)c3)cc2c1O. The van der Waals surface area contributed by atoms with Crippen LogP contribution in [-0.2, 0) is 9.59 Å². The van der Waals surface area contributed by atoms with Crippen molar-refractivity contribution >= 4 is 45.3 Å². The normalized spacial score (nSPS) is 10.9. The maximum absolute atomic E-state index is 13.3. The molecular weight excluding hydrogens is 771 g/mol. The smallest absolute Gasteiger partial charge is 0.505 e. The van der Waals surface area contributed by atoms with Crippen LogP contribution in [0.4, 0.5) is 22.0 Å². The summed E-state index contributed by atoms with van der Waals surface area (Å²) >= 11 is 0. The molecule has 0 unspecified atom stereocenters. The maximum Gasteiger partial charge on any atom is 0.573 e. The zero-order valence-electron chi connectivity index (χ0n) is 28.5. The number of aromatic nitrogens is 2. The van der Waals surface area contributed by atoms with E-state index in [1.165, 1.54) is 60.9 Å². The lowest BCUT2D eigenvalue weighted by molar-refractivity contribution is -0.274. The molecule has 2 heterocycles. The molecule has 0 atom stereocenters. The van der Waals surface area contributed by atoms with E-state index in [1.807, 2.05) is 0 Å². The summed E-state index contributed by atoms with van der Waals surface area (Å²) in [5.74, 6) is -6.79. The van der Waals surface area contributed by atoms with Crippen molar-refractivity contribution in [3.8, 4) is 40.2 Å². The molecule has 0 bridgehead atoms. The van der Waals surface area contributed by atoms with E-state index in [-0.39, 0.29) is 39.4 Å². The van der Waals surface area contributed by atoms with Gasteiger partial charge in [0.05, 0.1) is 0 Å². The van der Waals surface area contributed by atoms with Gasteiger partial charge in [-0.15, -0.1) is 13.2 Å². The first-order valence-corrected chi connectivity index (χ1v) is 15.9. The van der Waals surface area contributed by atoms with Crippen molar-refractivity contribution in [3.63, 3.8) is 0 Å². The van der Waals surface area contributed by atoms with E-state index >= 15 is 0 Å². The summed E-state index contributed by atoms with van der Waals surface area (Å²) in [6.45, 7) is -1.26. The number of carboxylic acids is 2. The van der Waals surface area contributed by atoms with Gasteiger partial charge in [0, 0.05) is 40.0 Å². The molecule has 2 amide bonds. The van der Waals surface area contributed by atoms with Crippen molar-refractivity contribution in [2.24, 2.45) is 0 Å². The summed E-state index contributed by atoms with van der Waals surface area (Å²) in [5.41, 5.74) is -0.689. The number of aliphatic carboxylic acids is 2. The number of alkyl halides is 3. The number of halogens is 5. The van der Waals surface area contributed by atoms with Gasteiger partial charge < -0.3 is 45.3 Å². The van der Waals surface area contributed by atoms with Crippen LogP contribution in [0, 0.1) is 11.6 Å². The minimum atomic E-state index is -4.79. The fraction of sp³-hybridized carbons (Fsp3) is 0.0811. The van der Waals surface area contributed by atoms with E-state index in [0.29, 0.717) is 16.5 Å². The Bertz CT molecular complexity index is 2500. The van der Waals surface area contributed by atoms with Crippen molar-refractivity contribution in [2.75, 3.05) is 13.1 Å². The van der Waals surface area contributed by atoms with E-state index in [1.54, 1.807) is 6.07 Å². The number of hydrogen-bond acceptors (Lipinski definition) is 11. The largest absolute Gasteiger partial charge is 0.573 e. The Labute approximate surface area is 315 Å². The van der Waals surface area contributed by atoms with Crippen LogP contribution in [0.3, 0.4) is 0 Å². The van der Waals surface area contributed by atoms with Crippen molar-refractivity contribution in [1.29, 1.82) is 0 Å². The topological polar surface area (TPSA) is 227 Å². The highest BCUT2D eigenvalue weighted by atomic mass is 19.4. The molecule has 20 heteroatoms. The highest BCUT2D eigenvalue weighted by Gasteiger charge is 2.31. The van der Waals surface area contributed by atoms with E-state index in [9.17, 15) is 51.3 Å². The van der Waals surface area contributed by atoms with Gasteiger partial charge in [0.15, 0.2) is 34.5 Å². The number of ether oxygens (including phenoxy) is 3. The van der Waals surface area contributed by atoms with E-state index in [4.69, 9.17) is 19.7 Å². The molecule has 0 aliphatic carbocycles. The van der Waals surface area contributed by atoms with Gasteiger partial charge >= 0.3 is 18.3 Å². The minimum absolute atomic E-state index is 0.0428. The van der Waals surface area contributed by atoms with Gasteiger partial charge in [0.25, 0.3) is 11.8 Å². The fourth-order valence-corrected chi connectivity index (χ4v) is 4.82. The maximum atomic E-state index is 13.3. The lowest BCUT2D eigenvalue weighted by atomic mass is 10.1. The molecule has 15 nitrogen and oxygen atoms in total. The predicted octanol–water partition coefficient (Wildman–Crippen LogP) is 6.27. The number of benzene rings is 4. The average molecular weight is 797 g/mol. The Morgan fingerprint density at radius 2 is 1.05 bits per heavy atom. The third-order valence-electron chi connectivity index (χ3n) is 7.32. The molecule has 2 aromatic heterocycles. The van der Waals surface area contributed by atoms with Crippen LogP contribution in [0.5, 0.6) is 40.2 Å². The molecule has 0 spiro atoms. The zero-order valence-corrected chi connectivity index (χ0v) is 28.5. The van der Waals surface area contributed by atoms with Crippen LogP contribution in [0.15, 0.2) is 91.3 Å². The van der Waals surface area contributed by atoms with Gasteiger partial charge in [0.1, 0.15) is 41.8 Å². The van der Waals surface area contributed by atoms with Crippen LogP contribution >= 0.6 is 0 Å². The third-order valence-corrected chi connectivity index (χ3v) is 7.32. The molecule has 294 valence electrons. The van der Waals surface area contributed by atoms with E-state index < -0.39 is 72.1 Å². The quantitative estimate of drug-likeness (QED) is 0.0796. The Hall–Kier alpha value is -7.77. The van der Waals surface area contributed by atoms with Crippen molar-refractivity contribution in [3.05, 3.63) is 114 Å². The lowest BCUT2D eigenvalue weighted by Crippen LogP contribution is -2.29. The summed E-state index contributed by atoms with van der Waals surface area (Å²) in [4.78, 5) is 52.6. The Kier molecular flexibility index (Phi) is 12.2. The number of rotatable bonds is 11. The Morgan fingerprint density at radius 3 is 1.63 bits per heavy atom. The number of hydrogen-bond donors (Lipinski definition) is 6. The molecule has 0 fully saturated rings. The number of pyridine rings is 2. The molecule has 0 aliphatic rings. The second-order valence-corrected chi connectivity index (χ2v) is 11.4. The summed E-state index contributed by atoms with van der Waals surface area (Å²) in [6, 6.07) is 16.7. The van der Waals surface area contributed by atoms with E-state index in [0.717, 1.165) is 24.3 Å². The minimum Gasteiger partial charge on any atom is -0.505 e. The van der Waals surface area contributed by atoms with Gasteiger partial charge in [-0.25, -0.2) is 18.7 Å². The van der Waals surface area contributed by atoms with Gasteiger partial charge in [-0.3, -0.25) is 19.2 Å². The number of fused-ring (bicyclic) bond motifs is 2. The summed E-state index contributed by atoms with van der Waals surface area (Å²) in [6.07, 6.45) is -2.18. The third kappa shape index (κ3) is 10.7. The number of nitrogens with zero attached hydrogens (tertiary/aromatic N) is 2.